The predicted octanol–water partition coefficient (Wildman–Crippen LogP) is -0.0302. The Morgan fingerprint density at radius 1 is 1.39 bits per heavy atom. The van der Waals surface area contributed by atoms with Crippen molar-refractivity contribution in [3.63, 3.8) is 0 Å². The topological polar surface area (TPSA) is 75.3 Å². The van der Waals surface area contributed by atoms with Gasteiger partial charge < -0.3 is 25.4 Å². The van der Waals surface area contributed by atoms with Crippen molar-refractivity contribution in [2.75, 3.05) is 73.2 Å². The van der Waals surface area contributed by atoms with Crippen LogP contribution in [0.1, 0.15) is 19.8 Å². The molecule has 0 aromatic heterocycles. The van der Waals surface area contributed by atoms with Gasteiger partial charge in [-0.05, 0) is 40.4 Å². The summed E-state index contributed by atoms with van der Waals surface area (Å²) in [6.45, 7) is 10.0. The largest absolute Gasteiger partial charge is 0.379 e. The van der Waals surface area contributed by atoms with Crippen molar-refractivity contribution in [2.24, 2.45) is 10.7 Å². The summed E-state index contributed by atoms with van der Waals surface area (Å²) in [5.74, 6) is 0.515. The van der Waals surface area contributed by atoms with Gasteiger partial charge in [0.2, 0.25) is 0 Å². The molecule has 1 aliphatic heterocycles. The van der Waals surface area contributed by atoms with E-state index in [9.17, 15) is 0 Å². The number of rotatable bonds is 11. The number of morpholine rings is 1. The van der Waals surface area contributed by atoms with Crippen LogP contribution in [0.15, 0.2) is 4.99 Å². The van der Waals surface area contributed by atoms with E-state index in [0.29, 0.717) is 19.1 Å². The molecule has 1 fully saturated rings. The van der Waals surface area contributed by atoms with Gasteiger partial charge in [0.05, 0.1) is 25.9 Å². The van der Waals surface area contributed by atoms with Crippen LogP contribution in [0.5, 0.6) is 0 Å². The molecule has 1 aliphatic rings. The van der Waals surface area contributed by atoms with Gasteiger partial charge in [-0.15, -0.1) is 0 Å². The third-order valence-corrected chi connectivity index (χ3v) is 3.83. The van der Waals surface area contributed by atoms with E-state index in [-0.39, 0.29) is 6.10 Å². The van der Waals surface area contributed by atoms with Crippen molar-refractivity contribution < 1.29 is 9.47 Å². The number of aliphatic imine (C=N–C) groups is 1. The van der Waals surface area contributed by atoms with Gasteiger partial charge in [0.15, 0.2) is 5.96 Å². The molecule has 1 rings (SSSR count). The Balaban J connectivity index is 2.15. The average Bonchev–Trinajstić information content (AvgIpc) is 2.55. The first-order chi connectivity index (χ1) is 11.1. The minimum absolute atomic E-state index is 0.135. The highest BCUT2D eigenvalue weighted by Crippen LogP contribution is 2.01. The van der Waals surface area contributed by atoms with Gasteiger partial charge in [-0.2, -0.15) is 0 Å². The molecule has 7 nitrogen and oxygen atoms in total. The molecular weight excluding hydrogens is 294 g/mol. The smallest absolute Gasteiger partial charge is 0.188 e. The zero-order valence-electron chi connectivity index (χ0n) is 15.1. The van der Waals surface area contributed by atoms with Crippen molar-refractivity contribution in [1.29, 1.82) is 0 Å². The number of hydrogen-bond donors (Lipinski definition) is 2. The van der Waals surface area contributed by atoms with E-state index in [1.54, 1.807) is 0 Å². The van der Waals surface area contributed by atoms with Gasteiger partial charge in [0.1, 0.15) is 0 Å². The van der Waals surface area contributed by atoms with Crippen molar-refractivity contribution in [2.45, 2.75) is 25.9 Å². The molecule has 1 saturated heterocycles. The van der Waals surface area contributed by atoms with E-state index in [1.165, 1.54) is 0 Å². The summed E-state index contributed by atoms with van der Waals surface area (Å²) in [7, 11) is 4.13. The van der Waals surface area contributed by atoms with Crippen molar-refractivity contribution in [3.8, 4) is 0 Å². The summed E-state index contributed by atoms with van der Waals surface area (Å²) in [4.78, 5) is 8.99. The summed E-state index contributed by atoms with van der Waals surface area (Å²) in [6.07, 6.45) is 2.16. The second kappa shape index (κ2) is 12.5. The molecule has 0 aromatic carbocycles. The molecule has 0 radical (unpaired) electrons. The van der Waals surface area contributed by atoms with Gasteiger partial charge >= 0.3 is 0 Å². The lowest BCUT2D eigenvalue weighted by molar-refractivity contribution is 0.0376. The summed E-state index contributed by atoms with van der Waals surface area (Å²) in [5, 5.41) is 3.19. The van der Waals surface area contributed by atoms with Gasteiger partial charge in [-0.25, -0.2) is 0 Å². The fourth-order valence-electron chi connectivity index (χ4n) is 2.47. The first kappa shape index (κ1) is 20.2. The maximum Gasteiger partial charge on any atom is 0.188 e. The van der Waals surface area contributed by atoms with E-state index in [2.05, 4.69) is 34.2 Å². The number of nitrogens with zero attached hydrogens (tertiary/aromatic N) is 3. The molecule has 0 bridgehead atoms. The molecule has 136 valence electrons. The number of ether oxygens (including phenoxy) is 2. The van der Waals surface area contributed by atoms with Crippen LogP contribution >= 0.6 is 0 Å². The highest BCUT2D eigenvalue weighted by molar-refractivity contribution is 5.77. The van der Waals surface area contributed by atoms with E-state index >= 15 is 0 Å². The zero-order valence-corrected chi connectivity index (χ0v) is 15.1. The number of guanidine groups is 1. The first-order valence-electron chi connectivity index (χ1n) is 8.72. The van der Waals surface area contributed by atoms with Crippen LogP contribution in [0.4, 0.5) is 0 Å². The lowest BCUT2D eigenvalue weighted by Crippen LogP contribution is -2.39. The molecule has 0 spiro atoms. The summed E-state index contributed by atoms with van der Waals surface area (Å²) in [6, 6.07) is 0. The first-order valence-corrected chi connectivity index (χ1v) is 8.72. The molecule has 7 heteroatoms. The molecule has 1 unspecified atom stereocenters. The fraction of sp³-hybridized carbons (Fsp3) is 0.938. The predicted molar refractivity (Wildman–Crippen MR) is 95.0 cm³/mol. The third kappa shape index (κ3) is 10.5. The van der Waals surface area contributed by atoms with Crippen LogP contribution in [0, 0.1) is 0 Å². The molecule has 1 heterocycles. The summed E-state index contributed by atoms with van der Waals surface area (Å²) < 4.78 is 11.1. The van der Waals surface area contributed by atoms with Crippen LogP contribution in [-0.2, 0) is 9.47 Å². The second-order valence-electron chi connectivity index (χ2n) is 6.13. The second-order valence-corrected chi connectivity index (χ2v) is 6.13. The number of hydrogen-bond acceptors (Lipinski definition) is 5. The minimum atomic E-state index is 0.135. The lowest BCUT2D eigenvalue weighted by Gasteiger charge is -2.26. The highest BCUT2D eigenvalue weighted by Gasteiger charge is 2.10. The van der Waals surface area contributed by atoms with Crippen molar-refractivity contribution in [3.05, 3.63) is 0 Å². The van der Waals surface area contributed by atoms with Crippen LogP contribution in [0.25, 0.3) is 0 Å². The Kier molecular flexibility index (Phi) is 11.0. The Hall–Kier alpha value is -0.890. The summed E-state index contributed by atoms with van der Waals surface area (Å²) in [5.41, 5.74) is 5.93. The Morgan fingerprint density at radius 3 is 2.78 bits per heavy atom. The Morgan fingerprint density at radius 2 is 2.13 bits per heavy atom. The van der Waals surface area contributed by atoms with Crippen LogP contribution < -0.4 is 11.1 Å². The Labute approximate surface area is 141 Å². The molecule has 0 aromatic rings. The van der Waals surface area contributed by atoms with Gasteiger partial charge in [-0.3, -0.25) is 9.89 Å². The summed E-state index contributed by atoms with van der Waals surface area (Å²) >= 11 is 0. The average molecular weight is 329 g/mol. The maximum absolute atomic E-state index is 5.93. The molecular formula is C16H35N5O2. The maximum atomic E-state index is 5.93. The monoisotopic (exact) mass is 329 g/mol. The van der Waals surface area contributed by atoms with E-state index in [0.717, 1.165) is 58.8 Å². The van der Waals surface area contributed by atoms with Crippen LogP contribution in [0.3, 0.4) is 0 Å². The highest BCUT2D eigenvalue weighted by atomic mass is 16.5. The van der Waals surface area contributed by atoms with Gasteiger partial charge in [-0.1, -0.05) is 0 Å². The van der Waals surface area contributed by atoms with E-state index in [4.69, 9.17) is 15.2 Å². The SMILES string of the molecule is CCOC(CCN(C)C)CN=C(N)NCCCN1CCOCC1. The van der Waals surface area contributed by atoms with Crippen molar-refractivity contribution in [1.82, 2.24) is 15.1 Å². The number of nitrogens with two attached hydrogens (primary N) is 1. The quantitative estimate of drug-likeness (QED) is 0.315. The molecule has 0 saturated carbocycles. The normalized spacial score (nSPS) is 18.3. The molecule has 1 atom stereocenters. The molecule has 3 N–H and O–H groups in total. The van der Waals surface area contributed by atoms with Crippen molar-refractivity contribution >= 4 is 5.96 Å². The third-order valence-electron chi connectivity index (χ3n) is 3.83. The fourth-order valence-corrected chi connectivity index (χ4v) is 2.47. The van der Waals surface area contributed by atoms with E-state index in [1.807, 2.05) is 6.92 Å². The number of nitrogens with one attached hydrogen (secondary N) is 1. The van der Waals surface area contributed by atoms with Gasteiger partial charge in [0.25, 0.3) is 0 Å². The van der Waals surface area contributed by atoms with Crippen LogP contribution in [0.2, 0.25) is 0 Å². The van der Waals surface area contributed by atoms with Crippen LogP contribution in [-0.4, -0.2) is 95.0 Å². The minimum Gasteiger partial charge on any atom is -0.379 e. The zero-order chi connectivity index (χ0) is 16.9. The molecule has 0 aliphatic carbocycles. The van der Waals surface area contributed by atoms with Gasteiger partial charge in [0, 0.05) is 32.8 Å². The standard InChI is InChI=1S/C16H35N5O2/c1-4-23-15(6-9-20(2)3)14-19-16(17)18-7-5-8-21-10-12-22-13-11-21/h15H,4-14H2,1-3H3,(H3,17,18,19). The molecule has 0 amide bonds. The van der Waals surface area contributed by atoms with E-state index < -0.39 is 0 Å². The molecule has 23 heavy (non-hydrogen) atoms. The Bertz CT molecular complexity index is 320. The lowest BCUT2D eigenvalue weighted by atomic mass is 10.2.